The lowest BCUT2D eigenvalue weighted by molar-refractivity contribution is 0.295. The average Bonchev–Trinajstić information content (AvgIpc) is 2.39. The average molecular weight is 281 g/mol. The van der Waals surface area contributed by atoms with Gasteiger partial charge in [0, 0.05) is 11.3 Å². The summed E-state index contributed by atoms with van der Waals surface area (Å²) in [6, 6.07) is 2.48. The maximum absolute atomic E-state index is 13.9. The molecule has 0 atom stereocenters. The first-order valence-corrected chi connectivity index (χ1v) is 7.86. The molecule has 0 spiro atoms. The maximum atomic E-state index is 13.9. The van der Waals surface area contributed by atoms with Crippen molar-refractivity contribution < 1.29 is 8.78 Å². The van der Waals surface area contributed by atoms with Crippen molar-refractivity contribution in [1.82, 2.24) is 0 Å². The normalized spacial score (nSPS) is 22.9. The Morgan fingerprint density at radius 1 is 1.05 bits per heavy atom. The number of hydrogen-bond donors (Lipinski definition) is 1. The molecule has 0 unspecified atom stereocenters. The summed E-state index contributed by atoms with van der Waals surface area (Å²) in [4.78, 5) is 0. The Morgan fingerprint density at radius 2 is 1.65 bits per heavy atom. The minimum Gasteiger partial charge on any atom is -0.399 e. The number of rotatable bonds is 5. The molecule has 0 aromatic heterocycles. The van der Waals surface area contributed by atoms with Gasteiger partial charge in [0.1, 0.15) is 11.6 Å². The van der Waals surface area contributed by atoms with Gasteiger partial charge in [-0.25, -0.2) is 8.78 Å². The van der Waals surface area contributed by atoms with Crippen molar-refractivity contribution in [3.63, 3.8) is 0 Å². The van der Waals surface area contributed by atoms with E-state index in [9.17, 15) is 8.78 Å². The topological polar surface area (TPSA) is 26.0 Å². The molecule has 0 amide bonds. The molecule has 1 aliphatic carbocycles. The van der Waals surface area contributed by atoms with E-state index in [1.807, 2.05) is 0 Å². The van der Waals surface area contributed by atoms with Crippen molar-refractivity contribution in [3.05, 3.63) is 29.3 Å². The van der Waals surface area contributed by atoms with Gasteiger partial charge < -0.3 is 5.73 Å². The predicted molar refractivity (Wildman–Crippen MR) is 79.6 cm³/mol. The summed E-state index contributed by atoms with van der Waals surface area (Å²) in [5.41, 5.74) is 5.89. The van der Waals surface area contributed by atoms with Crippen molar-refractivity contribution in [2.45, 2.75) is 64.2 Å². The van der Waals surface area contributed by atoms with Gasteiger partial charge in [-0.05, 0) is 49.7 Å². The van der Waals surface area contributed by atoms with Gasteiger partial charge >= 0.3 is 0 Å². The van der Waals surface area contributed by atoms with Gasteiger partial charge in [0.05, 0.1) is 0 Å². The number of benzene rings is 1. The highest BCUT2D eigenvalue weighted by Crippen LogP contribution is 2.39. The molecule has 2 N–H and O–H groups in total. The lowest BCUT2D eigenvalue weighted by Gasteiger charge is -2.29. The van der Waals surface area contributed by atoms with Gasteiger partial charge in [-0.3, -0.25) is 0 Å². The predicted octanol–water partition coefficient (Wildman–Crippen LogP) is 5.40. The third kappa shape index (κ3) is 3.71. The first-order chi connectivity index (χ1) is 9.61. The number of halogens is 2. The summed E-state index contributed by atoms with van der Waals surface area (Å²) in [5, 5.41) is 0. The summed E-state index contributed by atoms with van der Waals surface area (Å²) in [5.74, 6) is -0.176. The van der Waals surface area contributed by atoms with Crippen molar-refractivity contribution >= 4 is 5.69 Å². The molecule has 1 fully saturated rings. The molecule has 1 aromatic rings. The van der Waals surface area contributed by atoms with Crippen LogP contribution in [-0.4, -0.2) is 0 Å². The molecule has 3 heteroatoms. The van der Waals surface area contributed by atoms with Gasteiger partial charge in [0.2, 0.25) is 0 Å². The van der Waals surface area contributed by atoms with Crippen LogP contribution in [0, 0.1) is 17.6 Å². The molecular formula is C17H25F2N. The van der Waals surface area contributed by atoms with E-state index in [0.717, 1.165) is 31.6 Å². The Kier molecular flexibility index (Phi) is 5.38. The van der Waals surface area contributed by atoms with Crippen LogP contribution in [0.15, 0.2) is 12.1 Å². The highest BCUT2D eigenvalue weighted by atomic mass is 19.1. The van der Waals surface area contributed by atoms with Crippen LogP contribution in [0.1, 0.15) is 69.8 Å². The van der Waals surface area contributed by atoms with Gasteiger partial charge in [0.25, 0.3) is 0 Å². The summed E-state index contributed by atoms with van der Waals surface area (Å²) in [6.45, 7) is 2.21. The molecule has 1 aliphatic rings. The van der Waals surface area contributed by atoms with E-state index in [1.165, 1.54) is 37.8 Å². The molecule has 112 valence electrons. The zero-order valence-electron chi connectivity index (χ0n) is 12.3. The molecule has 0 aliphatic heterocycles. The van der Waals surface area contributed by atoms with Crippen LogP contribution >= 0.6 is 0 Å². The minimum absolute atomic E-state index is 0.0259. The number of nitrogens with two attached hydrogens (primary N) is 1. The van der Waals surface area contributed by atoms with E-state index in [0.29, 0.717) is 0 Å². The quantitative estimate of drug-likeness (QED) is 0.567. The standard InChI is InChI=1S/C17H25F2N/c1-2-3-4-5-12-6-8-13(9-7-12)17-15(18)10-14(20)11-16(17)19/h10-13H,2-9,20H2,1H3/t12-,13-. The van der Waals surface area contributed by atoms with Crippen LogP contribution in [0.2, 0.25) is 0 Å². The molecule has 0 saturated heterocycles. The maximum Gasteiger partial charge on any atom is 0.131 e. The van der Waals surface area contributed by atoms with Crippen molar-refractivity contribution in [1.29, 1.82) is 0 Å². The number of hydrogen-bond acceptors (Lipinski definition) is 1. The van der Waals surface area contributed by atoms with Gasteiger partial charge in [-0.1, -0.05) is 32.6 Å². The van der Waals surface area contributed by atoms with E-state index >= 15 is 0 Å². The molecule has 20 heavy (non-hydrogen) atoms. The second kappa shape index (κ2) is 7.05. The van der Waals surface area contributed by atoms with E-state index in [-0.39, 0.29) is 17.2 Å². The van der Waals surface area contributed by atoms with Crippen LogP contribution in [0.5, 0.6) is 0 Å². The lowest BCUT2D eigenvalue weighted by Crippen LogP contribution is -2.15. The lowest BCUT2D eigenvalue weighted by atomic mass is 9.76. The first-order valence-electron chi connectivity index (χ1n) is 7.86. The number of nitrogen functional groups attached to an aromatic ring is 1. The molecule has 0 heterocycles. The Balaban J connectivity index is 1.94. The summed E-state index contributed by atoms with van der Waals surface area (Å²) < 4.78 is 27.8. The van der Waals surface area contributed by atoms with Crippen LogP contribution in [0.4, 0.5) is 14.5 Å². The monoisotopic (exact) mass is 281 g/mol. The van der Waals surface area contributed by atoms with E-state index in [1.54, 1.807) is 0 Å². The zero-order valence-corrected chi connectivity index (χ0v) is 12.3. The second-order valence-electron chi connectivity index (χ2n) is 6.11. The SMILES string of the molecule is CCCCC[C@H]1CC[C@H](c2c(F)cc(N)cc2F)CC1. The van der Waals surface area contributed by atoms with Crippen LogP contribution in [0.3, 0.4) is 0 Å². The first kappa shape index (κ1) is 15.3. The molecule has 0 radical (unpaired) electrons. The summed E-state index contributed by atoms with van der Waals surface area (Å²) in [6.07, 6.45) is 9.08. The van der Waals surface area contributed by atoms with Gasteiger partial charge in [-0.15, -0.1) is 0 Å². The molecule has 1 saturated carbocycles. The highest BCUT2D eigenvalue weighted by molar-refractivity contribution is 5.42. The van der Waals surface area contributed by atoms with E-state index in [2.05, 4.69) is 6.92 Å². The zero-order chi connectivity index (χ0) is 14.5. The summed E-state index contributed by atoms with van der Waals surface area (Å²) in [7, 11) is 0. The molecule has 2 rings (SSSR count). The molecule has 1 nitrogen and oxygen atoms in total. The largest absolute Gasteiger partial charge is 0.399 e. The third-order valence-corrected chi connectivity index (χ3v) is 4.57. The van der Waals surface area contributed by atoms with Gasteiger partial charge in [-0.2, -0.15) is 0 Å². The second-order valence-corrected chi connectivity index (χ2v) is 6.11. The highest BCUT2D eigenvalue weighted by Gasteiger charge is 2.26. The Morgan fingerprint density at radius 3 is 2.20 bits per heavy atom. The Bertz CT molecular complexity index is 414. The van der Waals surface area contributed by atoms with E-state index < -0.39 is 11.6 Å². The van der Waals surface area contributed by atoms with Crippen LogP contribution in [-0.2, 0) is 0 Å². The Labute approximate surface area is 120 Å². The van der Waals surface area contributed by atoms with Gasteiger partial charge in [0.15, 0.2) is 0 Å². The number of anilines is 1. The van der Waals surface area contributed by atoms with Crippen LogP contribution < -0.4 is 5.73 Å². The Hall–Kier alpha value is -1.12. The van der Waals surface area contributed by atoms with Crippen molar-refractivity contribution in [3.8, 4) is 0 Å². The fourth-order valence-corrected chi connectivity index (χ4v) is 3.42. The van der Waals surface area contributed by atoms with Crippen molar-refractivity contribution in [2.24, 2.45) is 5.92 Å². The van der Waals surface area contributed by atoms with Crippen molar-refractivity contribution in [2.75, 3.05) is 5.73 Å². The molecular weight excluding hydrogens is 256 g/mol. The fourth-order valence-electron chi connectivity index (χ4n) is 3.42. The minimum atomic E-state index is -0.475. The van der Waals surface area contributed by atoms with Crippen LogP contribution in [0.25, 0.3) is 0 Å². The molecule has 1 aromatic carbocycles. The summed E-state index contributed by atoms with van der Waals surface area (Å²) >= 11 is 0. The number of unbranched alkanes of at least 4 members (excludes halogenated alkanes) is 2. The fraction of sp³-hybridized carbons (Fsp3) is 0.647. The smallest absolute Gasteiger partial charge is 0.131 e. The van der Waals surface area contributed by atoms with E-state index in [4.69, 9.17) is 5.73 Å². The third-order valence-electron chi connectivity index (χ3n) is 4.57. The molecule has 0 bridgehead atoms.